The van der Waals surface area contributed by atoms with Gasteiger partial charge in [0.25, 0.3) is 29.5 Å². The molecule has 0 saturated heterocycles. The van der Waals surface area contributed by atoms with E-state index in [1.807, 2.05) is 106 Å². The number of aryl methyl sites for hydroxylation is 12. The first-order valence-electron chi connectivity index (χ1n) is 39.1. The summed E-state index contributed by atoms with van der Waals surface area (Å²) in [6.45, 7) is 25.2. The molecule has 0 bridgehead atoms. The molecule has 0 atom stereocenters. The number of ether oxygens (including phenoxy) is 4. The maximum Gasteiger partial charge on any atom is 0.262 e. The number of rotatable bonds is 21. The molecule has 1 aliphatic carbocycles. The predicted octanol–water partition coefficient (Wildman–Crippen LogP) is 19.9. The Morgan fingerprint density at radius 2 is 0.677 bits per heavy atom. The lowest BCUT2D eigenvalue weighted by atomic mass is 10.0. The second-order valence-electron chi connectivity index (χ2n) is 29.1. The largest absolute Gasteiger partial charge is 0.497 e. The molecular weight excluding hydrogens is 1810 g/mol. The highest BCUT2D eigenvalue weighted by Crippen LogP contribution is 2.49. The maximum atomic E-state index is 13.8. The van der Waals surface area contributed by atoms with Gasteiger partial charge in [-0.05, 0) is 260 Å². The summed E-state index contributed by atoms with van der Waals surface area (Å²) in [5.41, 5.74) is 17.0. The van der Waals surface area contributed by atoms with Gasteiger partial charge in [-0.3, -0.25) is 24.0 Å². The zero-order valence-corrected chi connectivity index (χ0v) is 78.0. The minimum Gasteiger partial charge on any atom is -0.497 e. The number of methoxy groups -OCH3 is 4. The van der Waals surface area contributed by atoms with Gasteiger partial charge in [-0.15, -0.1) is 82.2 Å². The molecule has 642 valence electrons. The van der Waals surface area contributed by atoms with Crippen molar-refractivity contribution in [1.29, 1.82) is 0 Å². The number of hydrogen-bond acceptors (Lipinski definition) is 24. The lowest BCUT2D eigenvalue weighted by Gasteiger charge is -2.08. The summed E-state index contributed by atoms with van der Waals surface area (Å²) in [6.07, 6.45) is 3.20. The molecule has 5 amide bonds. The summed E-state index contributed by atoms with van der Waals surface area (Å²) in [5, 5.41) is 61.0. The van der Waals surface area contributed by atoms with Crippen LogP contribution in [0.4, 0.5) is 13.2 Å². The lowest BCUT2D eigenvalue weighted by Crippen LogP contribution is -2.22. The number of fused-ring (bicyclic) bond motifs is 5. The third-order valence-electron chi connectivity index (χ3n) is 21.0. The van der Waals surface area contributed by atoms with E-state index in [1.54, 1.807) is 37.4 Å². The number of nitrogens with one attached hydrogen (secondary N) is 5. The Bertz CT molecular complexity index is 6410. The van der Waals surface area contributed by atoms with E-state index in [0.29, 0.717) is 60.1 Å². The Hall–Kier alpha value is -11.4. The number of nitrogens with zero attached hydrogens (tertiary/aromatic N) is 10. The number of halogens is 5. The van der Waals surface area contributed by atoms with E-state index < -0.39 is 17.5 Å². The molecule has 1 aliphatic rings. The van der Waals surface area contributed by atoms with Crippen molar-refractivity contribution in [3.8, 4) is 23.0 Å². The molecule has 5 N–H and O–H groups in total. The predicted molar refractivity (Wildman–Crippen MR) is 490 cm³/mol. The molecule has 10 heterocycles. The van der Waals surface area contributed by atoms with Crippen molar-refractivity contribution in [3.63, 3.8) is 0 Å². The first-order chi connectivity index (χ1) is 59.4. The minimum absolute atomic E-state index is 0.0958. The van der Waals surface area contributed by atoms with Crippen LogP contribution >= 0.6 is 88.5 Å². The summed E-state index contributed by atoms with van der Waals surface area (Å²) in [7, 11) is 5.88. The Kier molecular flexibility index (Phi) is 30.3. The molecule has 5 aromatic carbocycles. The van der Waals surface area contributed by atoms with Gasteiger partial charge in [-0.1, -0.05) is 61.5 Å². The molecule has 15 aromatic rings. The van der Waals surface area contributed by atoms with Gasteiger partial charge in [0, 0.05) is 59.7 Å². The number of carbonyl (C=O) groups is 5. The van der Waals surface area contributed by atoms with E-state index in [2.05, 4.69) is 141 Å². The molecule has 124 heavy (non-hydrogen) atoms. The maximum absolute atomic E-state index is 13.8. The van der Waals surface area contributed by atoms with Crippen molar-refractivity contribution in [2.75, 3.05) is 28.4 Å². The molecular formula is C90H88Br2F3N15O9S5. The second kappa shape index (κ2) is 40.9. The average Bonchev–Trinajstić information content (AvgIpc) is 1.62. The quantitative estimate of drug-likeness (QED) is 0.0446. The van der Waals surface area contributed by atoms with E-state index in [9.17, 15) is 37.1 Å². The van der Waals surface area contributed by atoms with Crippen LogP contribution in [0.25, 0.3) is 51.1 Å². The second-order valence-corrected chi connectivity index (χ2v) is 35.7. The third kappa shape index (κ3) is 21.2. The van der Waals surface area contributed by atoms with Crippen molar-refractivity contribution in [2.45, 2.75) is 141 Å². The normalized spacial score (nSPS) is 11.5. The zero-order valence-electron chi connectivity index (χ0n) is 70.7. The van der Waals surface area contributed by atoms with Crippen molar-refractivity contribution in [2.24, 2.45) is 0 Å². The molecule has 34 heteroatoms. The van der Waals surface area contributed by atoms with Gasteiger partial charge in [0.1, 0.15) is 39.7 Å². The standard InChI is InChI=1S/C20H20FN3O2S.C18H18BrN3OS.C18H18FN3O2S.C17H16BrN3O2S.C17H16FN3O2S/c1-10-11(2)23-24-20-16(10)17(13-5-6-13)18(27-20)19(25)22-9-12-4-7-15(26-3)14(21)8-12;1-4-12-5-7-13(8-6-12)9-20-17(23)16-15(19)14-10(2)11(3)21-22-18(14)24-16;1-9-11(3)21-22-18-15(9)10(2)16(25-18)17(23)20-8-12-5-6-14(24-4)13(19)7-12;1-9-10(2)20-21-17-13(9)14(18)15(24-17)16(22)19-8-11-4-6-12(23-3)7-5-11;1-9-10(2)20-21-17-12(9)7-15(24-17)16(22)19-8-11-4-5-14(23-3)13(18)6-11/h4,7-8,13H,5-6,9H2,1-3H3,(H,22,25);5-8H,4,9H2,1-3H3,(H,20,23);5-7H,8H2,1-4H3,(H,20,23);2*4-7H,8H2,1-3H3,(H,19,22). The first-order valence-corrected chi connectivity index (χ1v) is 44.7. The molecule has 0 spiro atoms. The number of benzene rings is 5. The van der Waals surface area contributed by atoms with Crippen LogP contribution in [-0.2, 0) is 39.1 Å². The fraction of sp³-hybridized carbons (Fsp3) is 0.278. The highest BCUT2D eigenvalue weighted by Gasteiger charge is 2.34. The van der Waals surface area contributed by atoms with E-state index in [0.717, 1.165) is 164 Å². The van der Waals surface area contributed by atoms with Crippen LogP contribution in [0.15, 0.2) is 118 Å². The first kappa shape index (κ1) is 91.8. The molecule has 1 saturated carbocycles. The van der Waals surface area contributed by atoms with Crippen LogP contribution in [0.2, 0.25) is 0 Å². The minimum atomic E-state index is -0.451. The van der Waals surface area contributed by atoms with Crippen molar-refractivity contribution >= 4 is 169 Å². The fourth-order valence-electron chi connectivity index (χ4n) is 13.1. The fourth-order valence-corrected chi connectivity index (χ4v) is 20.3. The number of carbonyl (C=O) groups excluding carboxylic acids is 5. The van der Waals surface area contributed by atoms with Gasteiger partial charge in [-0.2, -0.15) is 25.5 Å². The number of hydrogen-bond donors (Lipinski definition) is 5. The van der Waals surface area contributed by atoms with Gasteiger partial charge < -0.3 is 45.5 Å². The van der Waals surface area contributed by atoms with Gasteiger partial charge in [0.2, 0.25) is 0 Å². The zero-order chi connectivity index (χ0) is 89.1. The number of aromatic nitrogens is 10. The van der Waals surface area contributed by atoms with Crippen molar-refractivity contribution in [3.05, 3.63) is 261 Å². The van der Waals surface area contributed by atoms with Crippen molar-refractivity contribution < 1.29 is 56.1 Å². The van der Waals surface area contributed by atoms with Gasteiger partial charge in [0.05, 0.1) is 80.5 Å². The summed E-state index contributed by atoms with van der Waals surface area (Å²) < 4.78 is 62.7. The summed E-state index contributed by atoms with van der Waals surface area (Å²) in [4.78, 5) is 69.8. The Morgan fingerprint density at radius 1 is 0.355 bits per heavy atom. The molecule has 24 nitrogen and oxygen atoms in total. The highest BCUT2D eigenvalue weighted by atomic mass is 79.9. The number of amides is 5. The summed E-state index contributed by atoms with van der Waals surface area (Å²) in [6, 6.07) is 31.6. The van der Waals surface area contributed by atoms with Crippen LogP contribution in [0.1, 0.15) is 175 Å². The summed E-state index contributed by atoms with van der Waals surface area (Å²) in [5.74, 6) is -0.365. The van der Waals surface area contributed by atoms with Crippen LogP contribution in [0.5, 0.6) is 23.0 Å². The molecule has 0 unspecified atom stereocenters. The molecule has 0 radical (unpaired) electrons. The van der Waals surface area contributed by atoms with Crippen LogP contribution in [-0.4, -0.2) is 109 Å². The Labute approximate surface area is 750 Å². The van der Waals surface area contributed by atoms with Crippen LogP contribution < -0.4 is 45.5 Å². The smallest absolute Gasteiger partial charge is 0.262 e. The monoisotopic (exact) mass is 1900 g/mol. The Morgan fingerprint density at radius 3 is 1.08 bits per heavy atom. The molecule has 1 fully saturated rings. The average molecular weight is 1900 g/mol. The van der Waals surface area contributed by atoms with E-state index >= 15 is 0 Å². The molecule has 0 aliphatic heterocycles. The third-order valence-corrected chi connectivity index (χ3v) is 28.6. The van der Waals surface area contributed by atoms with Crippen LogP contribution in [0, 0.1) is 93.6 Å². The van der Waals surface area contributed by atoms with E-state index in [4.69, 9.17) is 18.9 Å². The molecule has 10 aromatic heterocycles. The number of thiophene rings is 5. The topological polar surface area (TPSA) is 311 Å². The van der Waals surface area contributed by atoms with E-state index in [-0.39, 0.29) is 66.4 Å². The van der Waals surface area contributed by atoms with Crippen molar-refractivity contribution in [1.82, 2.24) is 77.6 Å². The summed E-state index contributed by atoms with van der Waals surface area (Å²) >= 11 is 13.8. The lowest BCUT2D eigenvalue weighted by molar-refractivity contribution is 0.0946. The van der Waals surface area contributed by atoms with Gasteiger partial charge >= 0.3 is 0 Å². The SMILES string of the molecule is CCc1ccc(CNC(=O)c2sc3nnc(C)c(C)c3c2Br)cc1.COc1ccc(CNC(=O)c2cc3c(C)c(C)nnc3s2)cc1F.COc1ccc(CNC(=O)c2sc3nnc(C)c(C)c3c2Br)cc1.COc1ccc(CNC(=O)c2sc3nnc(C)c(C)c3c2C)cc1F.COc1ccc(CNC(=O)c2sc3nnc(C)c(C)c3c2C2CC2)cc1F. The van der Waals surface area contributed by atoms with Crippen LogP contribution in [0.3, 0.4) is 0 Å². The van der Waals surface area contributed by atoms with E-state index in [1.165, 1.54) is 108 Å². The highest BCUT2D eigenvalue weighted by molar-refractivity contribution is 9.11. The van der Waals surface area contributed by atoms with Gasteiger partial charge in [-0.25, -0.2) is 13.2 Å². The Balaban J connectivity index is 0.000000141. The van der Waals surface area contributed by atoms with Gasteiger partial charge in [0.15, 0.2) is 34.7 Å². The molecule has 16 rings (SSSR count).